The standard InChI is InChI=1S/C30H32O2P2/c1-3-30(2,24-33(31,26-16-8-4-9-17-26)27-18-10-5-11-19-27)25-34(32,28-20-12-6-13-21-28)29-22-14-7-15-23-29/h4-23H,3,24-25H2,1-2H3. The first-order valence-electron chi connectivity index (χ1n) is 11.8. The summed E-state index contributed by atoms with van der Waals surface area (Å²) in [6.45, 7) is 4.28. The molecule has 0 fully saturated rings. The Hall–Kier alpha value is -2.66. The van der Waals surface area contributed by atoms with E-state index in [1.165, 1.54) is 0 Å². The molecule has 174 valence electrons. The molecule has 0 N–H and O–H groups in total. The second kappa shape index (κ2) is 10.3. The SMILES string of the molecule is CCC(C)(CP(=O)(c1ccccc1)c1ccccc1)CP(=O)(c1ccccc1)c1ccccc1. The average molecular weight is 487 g/mol. The zero-order valence-electron chi connectivity index (χ0n) is 19.9. The van der Waals surface area contributed by atoms with Crippen molar-refractivity contribution in [3.63, 3.8) is 0 Å². The van der Waals surface area contributed by atoms with Gasteiger partial charge in [-0.2, -0.15) is 0 Å². The fourth-order valence-corrected chi connectivity index (χ4v) is 11.6. The van der Waals surface area contributed by atoms with E-state index in [9.17, 15) is 9.13 Å². The van der Waals surface area contributed by atoms with Gasteiger partial charge in [0.05, 0.1) is 0 Å². The average Bonchev–Trinajstić information content (AvgIpc) is 2.90. The minimum Gasteiger partial charge on any atom is -0.314 e. The first kappa shape index (κ1) is 24.5. The summed E-state index contributed by atoms with van der Waals surface area (Å²) in [5, 5.41) is 3.43. The van der Waals surface area contributed by atoms with Gasteiger partial charge in [0.15, 0.2) is 0 Å². The van der Waals surface area contributed by atoms with Gasteiger partial charge in [0.2, 0.25) is 0 Å². The minimum absolute atomic E-state index is 0.400. The molecular weight excluding hydrogens is 454 g/mol. The van der Waals surface area contributed by atoms with Gasteiger partial charge < -0.3 is 9.13 Å². The molecule has 0 saturated heterocycles. The molecule has 0 aliphatic rings. The van der Waals surface area contributed by atoms with E-state index < -0.39 is 19.7 Å². The van der Waals surface area contributed by atoms with Crippen LogP contribution >= 0.6 is 14.3 Å². The van der Waals surface area contributed by atoms with E-state index in [0.717, 1.165) is 27.6 Å². The van der Waals surface area contributed by atoms with Crippen LogP contribution in [0.5, 0.6) is 0 Å². The van der Waals surface area contributed by atoms with Crippen LogP contribution in [-0.4, -0.2) is 12.3 Å². The Labute approximate surface area is 203 Å². The van der Waals surface area contributed by atoms with Crippen LogP contribution in [0.2, 0.25) is 0 Å². The Morgan fingerprint density at radius 2 is 0.735 bits per heavy atom. The van der Waals surface area contributed by atoms with Crippen molar-refractivity contribution in [3.8, 4) is 0 Å². The van der Waals surface area contributed by atoms with E-state index in [1.54, 1.807) is 0 Å². The van der Waals surface area contributed by atoms with Crippen LogP contribution in [-0.2, 0) is 9.13 Å². The summed E-state index contributed by atoms with van der Waals surface area (Å²) in [7, 11) is -5.90. The smallest absolute Gasteiger partial charge is 0.143 e. The van der Waals surface area contributed by atoms with Gasteiger partial charge in [0.25, 0.3) is 0 Å². The first-order valence-corrected chi connectivity index (χ1v) is 15.6. The van der Waals surface area contributed by atoms with Crippen LogP contribution < -0.4 is 21.2 Å². The molecule has 0 aliphatic carbocycles. The van der Waals surface area contributed by atoms with Gasteiger partial charge in [-0.1, -0.05) is 135 Å². The highest BCUT2D eigenvalue weighted by molar-refractivity contribution is 7.79. The number of hydrogen-bond donors (Lipinski definition) is 0. The van der Waals surface area contributed by atoms with Crippen LogP contribution in [0.4, 0.5) is 0 Å². The molecule has 0 heterocycles. The molecule has 4 aromatic carbocycles. The Kier molecular flexibility index (Phi) is 7.42. The molecule has 0 amide bonds. The van der Waals surface area contributed by atoms with Crippen molar-refractivity contribution in [1.82, 2.24) is 0 Å². The lowest BCUT2D eigenvalue weighted by Crippen LogP contribution is -2.34. The second-order valence-corrected chi connectivity index (χ2v) is 15.0. The van der Waals surface area contributed by atoms with Gasteiger partial charge >= 0.3 is 0 Å². The molecule has 0 radical (unpaired) electrons. The molecule has 4 heteroatoms. The quantitative estimate of drug-likeness (QED) is 0.256. The highest BCUT2D eigenvalue weighted by atomic mass is 31.2. The fourth-order valence-electron chi connectivity index (χ4n) is 4.69. The van der Waals surface area contributed by atoms with Crippen LogP contribution in [0.1, 0.15) is 20.3 Å². The molecule has 34 heavy (non-hydrogen) atoms. The largest absolute Gasteiger partial charge is 0.314 e. The van der Waals surface area contributed by atoms with Crippen LogP contribution in [0.3, 0.4) is 0 Å². The van der Waals surface area contributed by atoms with E-state index >= 15 is 0 Å². The molecule has 4 rings (SSSR count). The highest BCUT2D eigenvalue weighted by Crippen LogP contribution is 2.55. The maximum atomic E-state index is 14.9. The third kappa shape index (κ3) is 5.05. The maximum absolute atomic E-state index is 14.9. The second-order valence-electron chi connectivity index (χ2n) is 9.30. The van der Waals surface area contributed by atoms with Crippen LogP contribution in [0, 0.1) is 5.41 Å². The molecule has 0 aliphatic heterocycles. The lowest BCUT2D eigenvalue weighted by atomic mass is 9.93. The normalized spacial score (nSPS) is 12.4. The van der Waals surface area contributed by atoms with Crippen molar-refractivity contribution < 1.29 is 9.13 Å². The summed E-state index contributed by atoms with van der Waals surface area (Å²) < 4.78 is 29.7. The molecule has 2 nitrogen and oxygen atoms in total. The molecule has 0 atom stereocenters. The fraction of sp³-hybridized carbons (Fsp3) is 0.200. The van der Waals surface area contributed by atoms with E-state index in [-0.39, 0.29) is 0 Å². The van der Waals surface area contributed by atoms with Gasteiger partial charge in [-0.25, -0.2) is 0 Å². The van der Waals surface area contributed by atoms with Crippen molar-refractivity contribution in [2.24, 2.45) is 5.41 Å². The molecule has 0 saturated carbocycles. The Morgan fingerprint density at radius 1 is 0.500 bits per heavy atom. The Morgan fingerprint density at radius 3 is 0.941 bits per heavy atom. The third-order valence-corrected chi connectivity index (χ3v) is 13.7. The Bertz CT molecular complexity index is 1100. The summed E-state index contributed by atoms with van der Waals surface area (Å²) in [5.74, 6) is 0. The van der Waals surface area contributed by atoms with Crippen molar-refractivity contribution in [1.29, 1.82) is 0 Å². The number of benzene rings is 4. The Balaban J connectivity index is 1.81. The summed E-state index contributed by atoms with van der Waals surface area (Å²) >= 11 is 0. The zero-order valence-corrected chi connectivity index (χ0v) is 21.7. The molecule has 4 aromatic rings. The summed E-state index contributed by atoms with van der Waals surface area (Å²) in [6.07, 6.45) is 1.71. The number of rotatable bonds is 9. The molecule has 0 spiro atoms. The lowest BCUT2D eigenvalue weighted by molar-refractivity contribution is 0.400. The van der Waals surface area contributed by atoms with Gasteiger partial charge in [-0.3, -0.25) is 0 Å². The van der Waals surface area contributed by atoms with Crippen LogP contribution in [0.25, 0.3) is 0 Å². The zero-order chi connectivity index (χ0) is 24.1. The van der Waals surface area contributed by atoms with Crippen molar-refractivity contribution in [2.75, 3.05) is 12.3 Å². The summed E-state index contributed by atoms with van der Waals surface area (Å²) in [6, 6.07) is 39.2. The highest BCUT2D eigenvalue weighted by Gasteiger charge is 2.42. The van der Waals surface area contributed by atoms with Crippen LogP contribution in [0.15, 0.2) is 121 Å². The van der Waals surface area contributed by atoms with Gasteiger partial charge in [-0.05, 0) is 11.8 Å². The topological polar surface area (TPSA) is 34.1 Å². The molecule has 0 aromatic heterocycles. The van der Waals surface area contributed by atoms with Gasteiger partial charge in [-0.15, -0.1) is 0 Å². The van der Waals surface area contributed by atoms with E-state index in [2.05, 4.69) is 13.8 Å². The molecule has 0 unspecified atom stereocenters. The van der Waals surface area contributed by atoms with Crippen molar-refractivity contribution >= 4 is 35.5 Å². The predicted molar refractivity (Wildman–Crippen MR) is 148 cm³/mol. The monoisotopic (exact) mass is 486 g/mol. The third-order valence-electron chi connectivity index (χ3n) is 6.76. The van der Waals surface area contributed by atoms with Crippen molar-refractivity contribution in [2.45, 2.75) is 20.3 Å². The molecule has 0 bridgehead atoms. The lowest BCUT2D eigenvalue weighted by Gasteiger charge is -2.36. The van der Waals surface area contributed by atoms with Gasteiger partial charge in [0, 0.05) is 33.5 Å². The minimum atomic E-state index is -2.95. The van der Waals surface area contributed by atoms with Crippen molar-refractivity contribution in [3.05, 3.63) is 121 Å². The van der Waals surface area contributed by atoms with E-state index in [0.29, 0.717) is 12.3 Å². The molecular formula is C30H32O2P2. The number of hydrogen-bond acceptors (Lipinski definition) is 2. The maximum Gasteiger partial charge on any atom is 0.143 e. The summed E-state index contributed by atoms with van der Waals surface area (Å²) in [4.78, 5) is 0. The predicted octanol–water partition coefficient (Wildman–Crippen LogP) is 6.43. The van der Waals surface area contributed by atoms with E-state index in [1.807, 2.05) is 121 Å². The van der Waals surface area contributed by atoms with E-state index in [4.69, 9.17) is 0 Å². The van der Waals surface area contributed by atoms with Gasteiger partial charge in [0.1, 0.15) is 14.3 Å². The summed E-state index contributed by atoms with van der Waals surface area (Å²) in [5.41, 5.74) is -0.400. The first-order chi connectivity index (χ1) is 16.4.